The van der Waals surface area contributed by atoms with E-state index in [2.05, 4.69) is 71.4 Å². The number of halogens is 1. The van der Waals surface area contributed by atoms with Crippen molar-refractivity contribution in [3.05, 3.63) is 65.7 Å². The fraction of sp³-hybridized carbons (Fsp3) is 0.118. The van der Waals surface area contributed by atoms with Crippen LogP contribution in [0.15, 0.2) is 54.6 Å². The molecular formula is C17H14BrN. The molecule has 0 fully saturated rings. The van der Waals surface area contributed by atoms with Crippen LogP contribution in [0.4, 0.5) is 0 Å². The number of pyridine rings is 1. The maximum Gasteiger partial charge on any atom is 0.0752 e. The Hall–Kier alpha value is -1.67. The van der Waals surface area contributed by atoms with Gasteiger partial charge in [0.25, 0.3) is 0 Å². The molecule has 3 aromatic rings. The lowest BCUT2D eigenvalue weighted by molar-refractivity contribution is 1.30. The first-order valence-electron chi connectivity index (χ1n) is 6.30. The first-order chi connectivity index (χ1) is 9.29. The molecule has 0 aliphatic carbocycles. The number of nitrogens with zero attached hydrogens (tertiary/aromatic N) is 1. The number of hydrogen-bond acceptors (Lipinski definition) is 1. The van der Waals surface area contributed by atoms with E-state index in [9.17, 15) is 0 Å². The summed E-state index contributed by atoms with van der Waals surface area (Å²) in [7, 11) is 0. The topological polar surface area (TPSA) is 12.9 Å². The molecule has 0 spiro atoms. The average molecular weight is 312 g/mol. The molecule has 0 N–H and O–H groups in total. The van der Waals surface area contributed by atoms with E-state index in [-0.39, 0.29) is 0 Å². The summed E-state index contributed by atoms with van der Waals surface area (Å²) in [4.78, 5) is 4.85. The van der Waals surface area contributed by atoms with Gasteiger partial charge >= 0.3 is 0 Å². The van der Waals surface area contributed by atoms with Crippen LogP contribution >= 0.6 is 15.9 Å². The Morgan fingerprint density at radius 3 is 2.53 bits per heavy atom. The highest BCUT2D eigenvalue weighted by atomic mass is 79.9. The number of hydrogen-bond donors (Lipinski definition) is 0. The molecule has 0 saturated carbocycles. The van der Waals surface area contributed by atoms with Crippen LogP contribution in [0.3, 0.4) is 0 Å². The summed E-state index contributed by atoms with van der Waals surface area (Å²) in [6.45, 7) is 2.13. The van der Waals surface area contributed by atoms with Crippen molar-refractivity contribution in [2.24, 2.45) is 0 Å². The van der Waals surface area contributed by atoms with Crippen LogP contribution in [0, 0.1) is 6.92 Å². The predicted octanol–water partition coefficient (Wildman–Crippen LogP) is 5.11. The molecule has 3 rings (SSSR count). The van der Waals surface area contributed by atoms with Gasteiger partial charge in [-0.25, -0.2) is 4.98 Å². The Bertz CT molecular complexity index is 734. The van der Waals surface area contributed by atoms with Gasteiger partial charge in [-0.05, 0) is 30.2 Å². The van der Waals surface area contributed by atoms with Gasteiger partial charge in [-0.15, -0.1) is 0 Å². The Kier molecular flexibility index (Phi) is 3.34. The molecule has 0 atom stereocenters. The second kappa shape index (κ2) is 5.14. The van der Waals surface area contributed by atoms with Crippen molar-refractivity contribution < 1.29 is 0 Å². The lowest BCUT2D eigenvalue weighted by atomic mass is 10.0. The molecule has 0 unspecified atom stereocenters. The Morgan fingerprint density at radius 1 is 1.00 bits per heavy atom. The molecular weight excluding hydrogens is 298 g/mol. The molecule has 0 saturated heterocycles. The molecule has 0 radical (unpaired) electrons. The third-order valence-corrected chi connectivity index (χ3v) is 3.95. The molecule has 1 nitrogen and oxygen atoms in total. The zero-order valence-corrected chi connectivity index (χ0v) is 12.3. The summed E-state index contributed by atoms with van der Waals surface area (Å²) in [6.07, 6.45) is 0. The van der Waals surface area contributed by atoms with E-state index in [1.165, 1.54) is 22.1 Å². The highest BCUT2D eigenvalue weighted by Crippen LogP contribution is 2.29. The SMILES string of the molecule is Cc1ccccc1-c1nc2ccccc2cc1CBr. The van der Waals surface area contributed by atoms with Crippen LogP contribution in [0.1, 0.15) is 11.1 Å². The van der Waals surface area contributed by atoms with Crippen molar-refractivity contribution in [2.45, 2.75) is 12.3 Å². The lowest BCUT2D eigenvalue weighted by Gasteiger charge is -2.11. The Labute approximate surface area is 121 Å². The van der Waals surface area contributed by atoms with E-state index in [0.29, 0.717) is 0 Å². The molecule has 0 bridgehead atoms. The number of aryl methyl sites for hydroxylation is 1. The summed E-state index contributed by atoms with van der Waals surface area (Å²) in [5.41, 5.74) is 5.82. The third-order valence-electron chi connectivity index (χ3n) is 3.35. The van der Waals surface area contributed by atoms with Crippen molar-refractivity contribution in [1.29, 1.82) is 0 Å². The Balaban J connectivity index is 2.31. The number of aromatic nitrogens is 1. The Morgan fingerprint density at radius 2 is 1.74 bits per heavy atom. The normalized spacial score (nSPS) is 10.8. The minimum atomic E-state index is 0.814. The second-order valence-corrected chi connectivity index (χ2v) is 5.20. The smallest absolute Gasteiger partial charge is 0.0752 e. The van der Waals surface area contributed by atoms with Crippen LogP contribution in [-0.2, 0) is 5.33 Å². The largest absolute Gasteiger partial charge is 0.247 e. The van der Waals surface area contributed by atoms with E-state index >= 15 is 0 Å². The van der Waals surface area contributed by atoms with Crippen LogP contribution in [0.25, 0.3) is 22.2 Å². The van der Waals surface area contributed by atoms with Crippen LogP contribution in [-0.4, -0.2) is 4.98 Å². The number of fused-ring (bicyclic) bond motifs is 1. The zero-order chi connectivity index (χ0) is 13.2. The zero-order valence-electron chi connectivity index (χ0n) is 10.7. The summed E-state index contributed by atoms with van der Waals surface area (Å²) < 4.78 is 0. The average Bonchev–Trinajstić information content (AvgIpc) is 2.46. The number of rotatable bonds is 2. The summed E-state index contributed by atoms with van der Waals surface area (Å²) in [5, 5.41) is 2.00. The van der Waals surface area contributed by atoms with Crippen molar-refractivity contribution in [3.63, 3.8) is 0 Å². The summed E-state index contributed by atoms with van der Waals surface area (Å²) in [6, 6.07) is 18.9. The van der Waals surface area contributed by atoms with Crippen LogP contribution in [0.5, 0.6) is 0 Å². The van der Waals surface area contributed by atoms with E-state index in [1.807, 2.05) is 6.07 Å². The van der Waals surface area contributed by atoms with Gasteiger partial charge in [-0.2, -0.15) is 0 Å². The first-order valence-corrected chi connectivity index (χ1v) is 7.42. The van der Waals surface area contributed by atoms with Crippen LogP contribution < -0.4 is 0 Å². The predicted molar refractivity (Wildman–Crippen MR) is 84.5 cm³/mol. The van der Waals surface area contributed by atoms with Crippen molar-refractivity contribution in [3.8, 4) is 11.3 Å². The van der Waals surface area contributed by atoms with Gasteiger partial charge in [0.2, 0.25) is 0 Å². The molecule has 2 aromatic carbocycles. The van der Waals surface area contributed by atoms with Crippen molar-refractivity contribution in [2.75, 3.05) is 0 Å². The number of alkyl halides is 1. The van der Waals surface area contributed by atoms with Gasteiger partial charge in [0.15, 0.2) is 0 Å². The van der Waals surface area contributed by atoms with Gasteiger partial charge < -0.3 is 0 Å². The molecule has 0 aliphatic rings. The second-order valence-electron chi connectivity index (χ2n) is 4.64. The van der Waals surface area contributed by atoms with Gasteiger partial charge in [0.1, 0.15) is 0 Å². The molecule has 19 heavy (non-hydrogen) atoms. The molecule has 2 heteroatoms. The molecule has 0 aliphatic heterocycles. The van der Waals surface area contributed by atoms with E-state index in [0.717, 1.165) is 16.5 Å². The molecule has 1 aromatic heterocycles. The van der Waals surface area contributed by atoms with Gasteiger partial charge in [-0.1, -0.05) is 58.4 Å². The first kappa shape index (κ1) is 12.4. The van der Waals surface area contributed by atoms with E-state index in [4.69, 9.17) is 4.98 Å². The highest BCUT2D eigenvalue weighted by Gasteiger charge is 2.10. The molecule has 0 amide bonds. The quantitative estimate of drug-likeness (QED) is 0.600. The maximum atomic E-state index is 4.85. The third kappa shape index (κ3) is 2.28. The lowest BCUT2D eigenvalue weighted by Crippen LogP contribution is -1.94. The van der Waals surface area contributed by atoms with E-state index in [1.54, 1.807) is 0 Å². The standard InChI is InChI=1S/C17H14BrN/c1-12-6-2-4-8-15(12)17-14(11-18)10-13-7-3-5-9-16(13)19-17/h2-10H,11H2,1H3. The molecule has 94 valence electrons. The number of benzene rings is 2. The fourth-order valence-electron chi connectivity index (χ4n) is 2.33. The van der Waals surface area contributed by atoms with Gasteiger partial charge in [0.05, 0.1) is 11.2 Å². The number of para-hydroxylation sites is 1. The van der Waals surface area contributed by atoms with Crippen molar-refractivity contribution in [1.82, 2.24) is 4.98 Å². The summed E-state index contributed by atoms with van der Waals surface area (Å²) in [5.74, 6) is 0. The minimum Gasteiger partial charge on any atom is -0.247 e. The van der Waals surface area contributed by atoms with E-state index < -0.39 is 0 Å². The molecule has 1 heterocycles. The van der Waals surface area contributed by atoms with Crippen LogP contribution in [0.2, 0.25) is 0 Å². The minimum absolute atomic E-state index is 0.814. The monoisotopic (exact) mass is 311 g/mol. The van der Waals surface area contributed by atoms with Crippen molar-refractivity contribution >= 4 is 26.8 Å². The summed E-state index contributed by atoms with van der Waals surface area (Å²) >= 11 is 3.58. The fourth-order valence-corrected chi connectivity index (χ4v) is 2.76. The highest BCUT2D eigenvalue weighted by molar-refractivity contribution is 9.08. The van der Waals surface area contributed by atoms with Gasteiger partial charge in [0, 0.05) is 16.3 Å². The van der Waals surface area contributed by atoms with Gasteiger partial charge in [-0.3, -0.25) is 0 Å². The maximum absolute atomic E-state index is 4.85.